The minimum absolute atomic E-state index is 0.295. The van der Waals surface area contributed by atoms with E-state index in [1.54, 1.807) is 6.33 Å². The van der Waals surface area contributed by atoms with Gasteiger partial charge in [-0.2, -0.15) is 0 Å². The summed E-state index contributed by atoms with van der Waals surface area (Å²) in [5.41, 5.74) is 1.14. The van der Waals surface area contributed by atoms with Gasteiger partial charge in [-0.15, -0.1) is 0 Å². The first-order valence-corrected chi connectivity index (χ1v) is 5.36. The molecule has 1 aromatic rings. The zero-order valence-corrected chi connectivity index (χ0v) is 9.18. The molecule has 1 N–H and O–H groups in total. The molecule has 1 aromatic heterocycles. The lowest BCUT2D eigenvalue weighted by molar-refractivity contribution is 0.0962. The summed E-state index contributed by atoms with van der Waals surface area (Å²) in [4.78, 5) is 8.12. The van der Waals surface area contributed by atoms with E-state index in [0.717, 1.165) is 18.6 Å². The predicted octanol–water partition coefficient (Wildman–Crippen LogP) is 1.16. The van der Waals surface area contributed by atoms with Crippen molar-refractivity contribution in [3.05, 3.63) is 24.3 Å². The van der Waals surface area contributed by atoms with Crippen molar-refractivity contribution in [2.75, 3.05) is 13.7 Å². The Hall–Kier alpha value is -1.00. The van der Waals surface area contributed by atoms with Crippen LogP contribution < -0.4 is 5.32 Å². The normalized spacial score (nSPS) is 27.9. The van der Waals surface area contributed by atoms with Gasteiger partial charge < -0.3 is 10.1 Å². The molecule has 15 heavy (non-hydrogen) atoms. The number of hydrogen-bond donors (Lipinski definition) is 1. The van der Waals surface area contributed by atoms with Crippen molar-refractivity contribution in [2.45, 2.75) is 25.5 Å². The number of nitrogens with zero attached hydrogens (tertiary/aromatic N) is 2. The lowest BCUT2D eigenvalue weighted by atomic mass is 9.90. The van der Waals surface area contributed by atoms with Crippen LogP contribution in [0.5, 0.6) is 0 Å². The maximum Gasteiger partial charge on any atom is 0.115 e. The van der Waals surface area contributed by atoms with Crippen LogP contribution in [0.15, 0.2) is 18.7 Å². The molecule has 3 atom stereocenters. The Kier molecular flexibility index (Phi) is 3.28. The van der Waals surface area contributed by atoms with Gasteiger partial charge in [-0.1, -0.05) is 0 Å². The molecule has 2 rings (SSSR count). The third-order valence-electron chi connectivity index (χ3n) is 3.11. The van der Waals surface area contributed by atoms with Gasteiger partial charge in [0.15, 0.2) is 0 Å². The Labute approximate surface area is 90.1 Å². The Morgan fingerprint density at radius 1 is 1.47 bits per heavy atom. The lowest BCUT2D eigenvalue weighted by Crippen LogP contribution is -2.29. The maximum absolute atomic E-state index is 5.59. The van der Waals surface area contributed by atoms with Crippen LogP contribution in [0.1, 0.15) is 24.9 Å². The molecule has 82 valence electrons. The van der Waals surface area contributed by atoms with Gasteiger partial charge in [0.1, 0.15) is 6.33 Å². The topological polar surface area (TPSA) is 47.0 Å². The quantitative estimate of drug-likeness (QED) is 0.808. The monoisotopic (exact) mass is 207 g/mol. The summed E-state index contributed by atoms with van der Waals surface area (Å²) in [7, 11) is 1.97. The molecule has 4 nitrogen and oxygen atoms in total. The molecular formula is C11H17N3O. The predicted molar refractivity (Wildman–Crippen MR) is 57.4 cm³/mol. The summed E-state index contributed by atoms with van der Waals surface area (Å²) in [6.45, 7) is 2.99. The summed E-state index contributed by atoms with van der Waals surface area (Å²) >= 11 is 0. The zero-order chi connectivity index (χ0) is 10.7. The van der Waals surface area contributed by atoms with E-state index in [9.17, 15) is 0 Å². The molecule has 0 radical (unpaired) electrons. The molecule has 0 bridgehead atoms. The number of aromatic nitrogens is 2. The third kappa shape index (κ3) is 2.16. The van der Waals surface area contributed by atoms with E-state index in [0.29, 0.717) is 18.1 Å². The highest BCUT2D eigenvalue weighted by atomic mass is 16.5. The van der Waals surface area contributed by atoms with Crippen LogP contribution in [-0.2, 0) is 4.74 Å². The van der Waals surface area contributed by atoms with Crippen molar-refractivity contribution in [1.82, 2.24) is 15.3 Å². The van der Waals surface area contributed by atoms with Gasteiger partial charge in [0, 0.05) is 36.5 Å². The van der Waals surface area contributed by atoms with Crippen LogP contribution in [-0.4, -0.2) is 29.7 Å². The fourth-order valence-electron chi connectivity index (χ4n) is 2.29. The number of hydrogen-bond acceptors (Lipinski definition) is 4. The molecule has 3 unspecified atom stereocenters. The summed E-state index contributed by atoms with van der Waals surface area (Å²) in [5, 5.41) is 3.33. The van der Waals surface area contributed by atoms with Gasteiger partial charge in [0.25, 0.3) is 0 Å². The SMILES string of the molecule is CNC(c1cncnc1)C1CCOC1C. The average molecular weight is 207 g/mol. The Bertz CT molecular complexity index is 304. The molecule has 0 aromatic carbocycles. The minimum Gasteiger partial charge on any atom is -0.378 e. The highest BCUT2D eigenvalue weighted by molar-refractivity contribution is 5.11. The lowest BCUT2D eigenvalue weighted by Gasteiger charge is -2.25. The van der Waals surface area contributed by atoms with E-state index in [-0.39, 0.29) is 0 Å². The van der Waals surface area contributed by atoms with Crippen molar-refractivity contribution in [2.24, 2.45) is 5.92 Å². The summed E-state index contributed by atoms with van der Waals surface area (Å²) in [5.74, 6) is 0.515. The van der Waals surface area contributed by atoms with Crippen LogP contribution in [0.4, 0.5) is 0 Å². The van der Waals surface area contributed by atoms with E-state index >= 15 is 0 Å². The minimum atomic E-state index is 0.295. The summed E-state index contributed by atoms with van der Waals surface area (Å²) < 4.78 is 5.59. The van der Waals surface area contributed by atoms with E-state index < -0.39 is 0 Å². The summed E-state index contributed by atoms with van der Waals surface area (Å²) in [6, 6.07) is 0.295. The largest absolute Gasteiger partial charge is 0.378 e. The van der Waals surface area contributed by atoms with Gasteiger partial charge >= 0.3 is 0 Å². The summed E-state index contributed by atoms with van der Waals surface area (Å²) in [6.07, 6.45) is 6.72. The van der Waals surface area contributed by atoms with Crippen molar-refractivity contribution in [1.29, 1.82) is 0 Å². The fraction of sp³-hybridized carbons (Fsp3) is 0.636. The first-order chi connectivity index (χ1) is 7.33. The number of rotatable bonds is 3. The number of ether oxygens (including phenoxy) is 1. The molecule has 0 aliphatic carbocycles. The van der Waals surface area contributed by atoms with Crippen LogP contribution in [0.25, 0.3) is 0 Å². The molecule has 1 aliphatic rings. The third-order valence-corrected chi connectivity index (χ3v) is 3.11. The van der Waals surface area contributed by atoms with E-state index in [2.05, 4.69) is 22.2 Å². The molecule has 0 spiro atoms. The molecular weight excluding hydrogens is 190 g/mol. The molecule has 2 heterocycles. The second-order valence-corrected chi connectivity index (χ2v) is 3.97. The van der Waals surface area contributed by atoms with E-state index in [4.69, 9.17) is 4.74 Å². The van der Waals surface area contributed by atoms with Crippen LogP contribution in [0, 0.1) is 5.92 Å². The zero-order valence-electron chi connectivity index (χ0n) is 9.18. The van der Waals surface area contributed by atoms with Gasteiger partial charge in [-0.3, -0.25) is 0 Å². The molecule has 0 amide bonds. The molecule has 1 aliphatic heterocycles. The first kappa shape index (κ1) is 10.5. The molecule has 1 fully saturated rings. The Balaban J connectivity index is 2.17. The number of nitrogens with one attached hydrogen (secondary N) is 1. The molecule has 1 saturated heterocycles. The van der Waals surface area contributed by atoms with Crippen LogP contribution in [0.2, 0.25) is 0 Å². The van der Waals surface area contributed by atoms with Crippen LogP contribution in [0.3, 0.4) is 0 Å². The second kappa shape index (κ2) is 4.68. The standard InChI is InChI=1S/C11H17N3O/c1-8-10(3-4-15-8)11(12-2)9-5-13-7-14-6-9/h5-8,10-12H,3-4H2,1-2H3. The van der Waals surface area contributed by atoms with Gasteiger partial charge in [0.05, 0.1) is 6.10 Å². The van der Waals surface area contributed by atoms with Gasteiger partial charge in [-0.25, -0.2) is 9.97 Å². The smallest absolute Gasteiger partial charge is 0.115 e. The molecule has 4 heteroatoms. The van der Waals surface area contributed by atoms with Crippen LogP contribution >= 0.6 is 0 Å². The Morgan fingerprint density at radius 3 is 2.73 bits per heavy atom. The van der Waals surface area contributed by atoms with Crippen molar-refractivity contribution in [3.63, 3.8) is 0 Å². The highest BCUT2D eigenvalue weighted by Crippen LogP contribution is 2.32. The van der Waals surface area contributed by atoms with Crippen molar-refractivity contribution >= 4 is 0 Å². The van der Waals surface area contributed by atoms with Crippen molar-refractivity contribution < 1.29 is 4.74 Å². The van der Waals surface area contributed by atoms with Gasteiger partial charge in [0.2, 0.25) is 0 Å². The average Bonchev–Trinajstić information content (AvgIpc) is 2.68. The first-order valence-electron chi connectivity index (χ1n) is 5.36. The maximum atomic E-state index is 5.59. The van der Waals surface area contributed by atoms with E-state index in [1.165, 1.54) is 0 Å². The second-order valence-electron chi connectivity index (χ2n) is 3.97. The highest BCUT2D eigenvalue weighted by Gasteiger charge is 2.32. The van der Waals surface area contributed by atoms with Gasteiger partial charge in [-0.05, 0) is 20.4 Å². The molecule has 0 saturated carbocycles. The van der Waals surface area contributed by atoms with E-state index in [1.807, 2.05) is 19.4 Å². The van der Waals surface area contributed by atoms with Crippen molar-refractivity contribution in [3.8, 4) is 0 Å². The Morgan fingerprint density at radius 2 is 2.20 bits per heavy atom. The fourth-order valence-corrected chi connectivity index (χ4v) is 2.29.